The van der Waals surface area contributed by atoms with Crippen molar-refractivity contribution in [2.75, 3.05) is 0 Å². The Balaban J connectivity index is 2.16. The Morgan fingerprint density at radius 1 is 1.17 bits per heavy atom. The Labute approximate surface area is 141 Å². The third kappa shape index (κ3) is 4.92. The molecule has 0 aromatic carbocycles. The van der Waals surface area contributed by atoms with Crippen molar-refractivity contribution >= 4 is 6.29 Å². The van der Waals surface area contributed by atoms with Crippen LogP contribution in [0.15, 0.2) is 58.2 Å². The molecule has 0 radical (unpaired) electrons. The standard InChI is InChI=1S/C22H30O/c1-17(15-20-9-5-8-19(16-20)12-14-23)10-11-21-18(2)7-6-13-22(21,3)4/h10-12,14-16H,5-9,13H2,1-4H3/b11-10+,17-15-,19-12-. The van der Waals surface area contributed by atoms with Crippen molar-refractivity contribution < 1.29 is 4.79 Å². The Hall–Kier alpha value is -1.63. The maximum atomic E-state index is 10.6. The van der Waals surface area contributed by atoms with Gasteiger partial charge in [-0.2, -0.15) is 0 Å². The number of hydrogen-bond donors (Lipinski definition) is 0. The first-order valence-electron chi connectivity index (χ1n) is 8.84. The second-order valence-electron chi connectivity index (χ2n) is 7.60. The zero-order valence-corrected chi connectivity index (χ0v) is 15.1. The molecule has 2 rings (SSSR count). The number of carbonyl (C=O) groups is 1. The molecule has 0 fully saturated rings. The summed E-state index contributed by atoms with van der Waals surface area (Å²) in [6.07, 6.45) is 18.7. The van der Waals surface area contributed by atoms with Crippen molar-refractivity contribution in [3.05, 3.63) is 58.2 Å². The maximum Gasteiger partial charge on any atom is 0.143 e. The van der Waals surface area contributed by atoms with Crippen molar-refractivity contribution in [1.82, 2.24) is 0 Å². The molecule has 0 aromatic rings. The third-order valence-electron chi connectivity index (χ3n) is 5.05. The van der Waals surface area contributed by atoms with E-state index in [-0.39, 0.29) is 0 Å². The fourth-order valence-electron chi connectivity index (χ4n) is 3.78. The number of rotatable bonds is 4. The summed E-state index contributed by atoms with van der Waals surface area (Å²) in [6.45, 7) is 9.16. The van der Waals surface area contributed by atoms with E-state index < -0.39 is 0 Å². The van der Waals surface area contributed by atoms with Gasteiger partial charge in [0.2, 0.25) is 0 Å². The van der Waals surface area contributed by atoms with Gasteiger partial charge < -0.3 is 0 Å². The predicted octanol–water partition coefficient (Wildman–Crippen LogP) is 6.25. The summed E-state index contributed by atoms with van der Waals surface area (Å²) in [5, 5.41) is 0. The van der Waals surface area contributed by atoms with E-state index in [0.29, 0.717) is 5.41 Å². The van der Waals surface area contributed by atoms with Gasteiger partial charge in [0.05, 0.1) is 0 Å². The Kier molecular flexibility index (Phi) is 5.98. The van der Waals surface area contributed by atoms with Crippen molar-refractivity contribution in [2.45, 2.75) is 66.2 Å². The second-order valence-corrected chi connectivity index (χ2v) is 7.60. The number of carbonyl (C=O) groups excluding carboxylic acids is 1. The predicted molar refractivity (Wildman–Crippen MR) is 99.3 cm³/mol. The van der Waals surface area contributed by atoms with E-state index in [1.165, 1.54) is 36.0 Å². The smallest absolute Gasteiger partial charge is 0.143 e. The normalized spacial score (nSPS) is 24.3. The van der Waals surface area contributed by atoms with Crippen molar-refractivity contribution in [3.63, 3.8) is 0 Å². The lowest BCUT2D eigenvalue weighted by molar-refractivity contribution is -0.104. The van der Waals surface area contributed by atoms with Crippen molar-refractivity contribution in [1.29, 1.82) is 0 Å². The highest BCUT2D eigenvalue weighted by Gasteiger charge is 2.26. The van der Waals surface area contributed by atoms with Gasteiger partial charge in [0.15, 0.2) is 0 Å². The van der Waals surface area contributed by atoms with E-state index >= 15 is 0 Å². The van der Waals surface area contributed by atoms with E-state index in [2.05, 4.69) is 52.0 Å². The summed E-state index contributed by atoms with van der Waals surface area (Å²) in [5.74, 6) is 0. The first-order valence-corrected chi connectivity index (χ1v) is 8.84. The van der Waals surface area contributed by atoms with Crippen molar-refractivity contribution in [3.8, 4) is 0 Å². The molecule has 0 spiro atoms. The lowest BCUT2D eigenvalue weighted by atomic mass is 9.72. The zero-order valence-electron chi connectivity index (χ0n) is 15.1. The monoisotopic (exact) mass is 310 g/mol. The van der Waals surface area contributed by atoms with Gasteiger partial charge in [-0.25, -0.2) is 0 Å². The Morgan fingerprint density at radius 3 is 2.65 bits per heavy atom. The molecule has 2 aliphatic carbocycles. The van der Waals surface area contributed by atoms with Gasteiger partial charge in [0, 0.05) is 0 Å². The van der Waals surface area contributed by atoms with Gasteiger partial charge in [-0.05, 0) is 80.6 Å². The fourth-order valence-corrected chi connectivity index (χ4v) is 3.78. The average molecular weight is 310 g/mol. The van der Waals surface area contributed by atoms with Gasteiger partial charge in [0.1, 0.15) is 6.29 Å². The molecule has 0 bridgehead atoms. The summed E-state index contributed by atoms with van der Waals surface area (Å²) in [4.78, 5) is 10.6. The summed E-state index contributed by atoms with van der Waals surface area (Å²) in [7, 11) is 0. The quantitative estimate of drug-likeness (QED) is 0.341. The largest absolute Gasteiger partial charge is 0.299 e. The first-order chi connectivity index (χ1) is 10.9. The fraction of sp³-hybridized carbons (Fsp3) is 0.500. The van der Waals surface area contributed by atoms with Crippen LogP contribution in [-0.2, 0) is 4.79 Å². The topological polar surface area (TPSA) is 17.1 Å². The number of allylic oxidation sites excluding steroid dienone is 10. The minimum Gasteiger partial charge on any atom is -0.299 e. The van der Waals surface area contributed by atoms with Gasteiger partial charge in [-0.15, -0.1) is 0 Å². The molecule has 23 heavy (non-hydrogen) atoms. The highest BCUT2D eigenvalue weighted by atomic mass is 16.1. The lowest BCUT2D eigenvalue weighted by Crippen LogP contribution is -2.19. The number of hydrogen-bond acceptors (Lipinski definition) is 1. The van der Waals surface area contributed by atoms with E-state index in [0.717, 1.165) is 31.1 Å². The highest BCUT2D eigenvalue weighted by Crippen LogP contribution is 2.40. The van der Waals surface area contributed by atoms with Crippen LogP contribution >= 0.6 is 0 Å². The molecule has 0 saturated carbocycles. The molecule has 0 aliphatic heterocycles. The average Bonchev–Trinajstić information content (AvgIpc) is 2.46. The van der Waals surface area contributed by atoms with Crippen LogP contribution in [0.4, 0.5) is 0 Å². The molecule has 1 nitrogen and oxygen atoms in total. The van der Waals surface area contributed by atoms with E-state index in [1.54, 1.807) is 11.6 Å². The van der Waals surface area contributed by atoms with E-state index in [1.807, 2.05) is 0 Å². The van der Waals surface area contributed by atoms with Gasteiger partial charge in [0.25, 0.3) is 0 Å². The summed E-state index contributed by atoms with van der Waals surface area (Å²) < 4.78 is 0. The molecule has 0 atom stereocenters. The first kappa shape index (κ1) is 17.7. The third-order valence-corrected chi connectivity index (χ3v) is 5.05. The van der Waals surface area contributed by atoms with Crippen LogP contribution in [0.2, 0.25) is 0 Å². The van der Waals surface area contributed by atoms with Crippen molar-refractivity contribution in [2.24, 2.45) is 5.41 Å². The molecule has 0 heterocycles. The molecule has 0 unspecified atom stereocenters. The summed E-state index contributed by atoms with van der Waals surface area (Å²) >= 11 is 0. The van der Waals surface area contributed by atoms with Crippen LogP contribution in [0, 0.1) is 5.41 Å². The summed E-state index contributed by atoms with van der Waals surface area (Å²) in [6, 6.07) is 0. The molecule has 0 aromatic heterocycles. The Bertz CT molecular complexity index is 606. The van der Waals surface area contributed by atoms with Crippen LogP contribution in [0.25, 0.3) is 0 Å². The molecular formula is C22H30O. The SMILES string of the molecule is CC1=C(/C=C/C(C)=C\C2=CC(=C\C=O)/CCC2)C(C)(C)CCC1. The molecule has 0 amide bonds. The lowest BCUT2D eigenvalue weighted by Gasteiger charge is -2.33. The molecular weight excluding hydrogens is 280 g/mol. The van der Waals surface area contributed by atoms with Crippen LogP contribution in [-0.4, -0.2) is 6.29 Å². The number of aldehydes is 1. The summed E-state index contributed by atoms with van der Waals surface area (Å²) in [5.41, 5.74) is 7.11. The molecule has 124 valence electrons. The van der Waals surface area contributed by atoms with Crippen LogP contribution in [0.1, 0.15) is 66.2 Å². The van der Waals surface area contributed by atoms with Gasteiger partial charge in [-0.3, -0.25) is 4.79 Å². The minimum absolute atomic E-state index is 0.295. The maximum absolute atomic E-state index is 10.6. The molecule has 0 N–H and O–H groups in total. The molecule has 1 heteroatoms. The van der Waals surface area contributed by atoms with Gasteiger partial charge in [-0.1, -0.05) is 49.3 Å². The zero-order chi connectivity index (χ0) is 16.9. The van der Waals surface area contributed by atoms with Crippen LogP contribution in [0.5, 0.6) is 0 Å². The van der Waals surface area contributed by atoms with Crippen LogP contribution in [0.3, 0.4) is 0 Å². The van der Waals surface area contributed by atoms with Crippen LogP contribution < -0.4 is 0 Å². The van der Waals surface area contributed by atoms with E-state index in [9.17, 15) is 4.79 Å². The Morgan fingerprint density at radius 2 is 1.96 bits per heavy atom. The van der Waals surface area contributed by atoms with Gasteiger partial charge >= 0.3 is 0 Å². The van der Waals surface area contributed by atoms with E-state index in [4.69, 9.17) is 0 Å². The molecule has 0 saturated heterocycles. The minimum atomic E-state index is 0.295. The molecule has 2 aliphatic rings. The highest BCUT2D eigenvalue weighted by molar-refractivity contribution is 5.67. The second kappa shape index (κ2) is 7.77.